The zero-order chi connectivity index (χ0) is 13.1. The predicted molar refractivity (Wildman–Crippen MR) is 72.1 cm³/mol. The molecule has 1 saturated heterocycles. The van der Waals surface area contributed by atoms with E-state index in [9.17, 15) is 0 Å². The van der Waals surface area contributed by atoms with Crippen molar-refractivity contribution in [1.29, 1.82) is 0 Å². The fourth-order valence-electron chi connectivity index (χ4n) is 2.34. The molecule has 3 rings (SSSR count). The van der Waals surface area contributed by atoms with Crippen molar-refractivity contribution in [3.8, 4) is 11.5 Å². The van der Waals surface area contributed by atoms with Crippen LogP contribution in [0.1, 0.15) is 24.6 Å². The first-order chi connectivity index (χ1) is 9.38. The van der Waals surface area contributed by atoms with Crippen LogP contribution in [0.3, 0.4) is 0 Å². The molecular formula is C14H17N3O2. The van der Waals surface area contributed by atoms with Crippen LogP contribution in [0.5, 0.6) is 0 Å². The SMILES string of the molecule is CNc1ccccc1-c1nc(C2CCCOC2)no1. The summed E-state index contributed by atoms with van der Waals surface area (Å²) in [4.78, 5) is 4.51. The molecule has 0 aliphatic carbocycles. The minimum absolute atomic E-state index is 0.257. The Morgan fingerprint density at radius 2 is 2.21 bits per heavy atom. The van der Waals surface area contributed by atoms with Crippen LogP contribution in [0.2, 0.25) is 0 Å². The van der Waals surface area contributed by atoms with E-state index >= 15 is 0 Å². The van der Waals surface area contributed by atoms with E-state index < -0.39 is 0 Å². The van der Waals surface area contributed by atoms with Crippen molar-refractivity contribution in [3.63, 3.8) is 0 Å². The van der Waals surface area contributed by atoms with Crippen LogP contribution in [-0.4, -0.2) is 30.4 Å². The van der Waals surface area contributed by atoms with E-state index in [0.29, 0.717) is 12.5 Å². The number of nitrogens with one attached hydrogen (secondary N) is 1. The Bertz CT molecular complexity index is 547. The Morgan fingerprint density at radius 3 is 3.00 bits per heavy atom. The van der Waals surface area contributed by atoms with E-state index in [-0.39, 0.29) is 5.92 Å². The zero-order valence-corrected chi connectivity index (χ0v) is 10.9. The lowest BCUT2D eigenvalue weighted by Crippen LogP contribution is -2.16. The Morgan fingerprint density at radius 1 is 1.32 bits per heavy atom. The fraction of sp³-hybridized carbons (Fsp3) is 0.429. The lowest BCUT2D eigenvalue weighted by Gasteiger charge is -2.18. The second-order valence-electron chi connectivity index (χ2n) is 4.67. The number of benzene rings is 1. The maximum Gasteiger partial charge on any atom is 0.260 e. The van der Waals surface area contributed by atoms with Gasteiger partial charge in [0.25, 0.3) is 5.89 Å². The lowest BCUT2D eigenvalue weighted by atomic mass is 10.0. The quantitative estimate of drug-likeness (QED) is 0.918. The topological polar surface area (TPSA) is 60.2 Å². The molecule has 0 bridgehead atoms. The molecular weight excluding hydrogens is 242 g/mol. The lowest BCUT2D eigenvalue weighted by molar-refractivity contribution is 0.0773. The maximum absolute atomic E-state index is 5.46. The van der Waals surface area contributed by atoms with E-state index in [1.807, 2.05) is 31.3 Å². The van der Waals surface area contributed by atoms with Gasteiger partial charge in [-0.3, -0.25) is 0 Å². The molecule has 1 aliphatic rings. The average molecular weight is 259 g/mol. The van der Waals surface area contributed by atoms with Gasteiger partial charge >= 0.3 is 0 Å². The summed E-state index contributed by atoms with van der Waals surface area (Å²) in [6, 6.07) is 7.90. The number of ether oxygens (including phenoxy) is 1. The summed E-state index contributed by atoms with van der Waals surface area (Å²) in [5.74, 6) is 1.57. The third-order valence-corrected chi connectivity index (χ3v) is 3.39. The first-order valence-electron chi connectivity index (χ1n) is 6.57. The van der Waals surface area contributed by atoms with Crippen LogP contribution in [-0.2, 0) is 4.74 Å². The van der Waals surface area contributed by atoms with Crippen molar-refractivity contribution in [3.05, 3.63) is 30.1 Å². The monoisotopic (exact) mass is 259 g/mol. The molecule has 1 fully saturated rings. The predicted octanol–water partition coefficient (Wildman–Crippen LogP) is 2.67. The Balaban J connectivity index is 1.88. The number of para-hydroxylation sites is 1. The molecule has 1 aromatic heterocycles. The van der Waals surface area contributed by atoms with E-state index in [2.05, 4.69) is 15.5 Å². The molecule has 1 aliphatic heterocycles. The van der Waals surface area contributed by atoms with Gasteiger partial charge in [0.15, 0.2) is 5.82 Å². The molecule has 2 heterocycles. The number of hydrogen-bond acceptors (Lipinski definition) is 5. The summed E-state index contributed by atoms with van der Waals surface area (Å²) in [7, 11) is 1.88. The molecule has 1 atom stereocenters. The summed E-state index contributed by atoms with van der Waals surface area (Å²) in [5, 5.41) is 7.23. The van der Waals surface area contributed by atoms with E-state index in [1.165, 1.54) is 0 Å². The van der Waals surface area contributed by atoms with Crippen LogP contribution in [0, 0.1) is 0 Å². The van der Waals surface area contributed by atoms with Crippen LogP contribution < -0.4 is 5.32 Å². The maximum atomic E-state index is 5.46. The van der Waals surface area contributed by atoms with Gasteiger partial charge in [-0.15, -0.1) is 0 Å². The third-order valence-electron chi connectivity index (χ3n) is 3.39. The molecule has 2 aromatic rings. The van der Waals surface area contributed by atoms with Crippen LogP contribution in [0.25, 0.3) is 11.5 Å². The van der Waals surface area contributed by atoms with E-state index in [4.69, 9.17) is 9.26 Å². The summed E-state index contributed by atoms with van der Waals surface area (Å²) in [6.45, 7) is 1.52. The molecule has 0 amide bonds. The largest absolute Gasteiger partial charge is 0.387 e. The smallest absolute Gasteiger partial charge is 0.260 e. The van der Waals surface area contributed by atoms with Gasteiger partial charge in [-0.05, 0) is 25.0 Å². The van der Waals surface area contributed by atoms with Gasteiger partial charge in [0.05, 0.1) is 12.2 Å². The molecule has 1 unspecified atom stereocenters. The van der Waals surface area contributed by atoms with E-state index in [0.717, 1.165) is 36.5 Å². The van der Waals surface area contributed by atoms with Gasteiger partial charge in [-0.25, -0.2) is 0 Å². The van der Waals surface area contributed by atoms with Crippen molar-refractivity contribution in [1.82, 2.24) is 10.1 Å². The molecule has 0 saturated carbocycles. The molecule has 1 N–H and O–H groups in total. The van der Waals surface area contributed by atoms with Gasteiger partial charge in [0.2, 0.25) is 0 Å². The average Bonchev–Trinajstić information content (AvgIpc) is 2.98. The van der Waals surface area contributed by atoms with Crippen molar-refractivity contribution < 1.29 is 9.26 Å². The van der Waals surface area contributed by atoms with Gasteiger partial charge in [0, 0.05) is 25.3 Å². The molecule has 5 nitrogen and oxygen atoms in total. The number of hydrogen-bond donors (Lipinski definition) is 1. The van der Waals surface area contributed by atoms with E-state index in [1.54, 1.807) is 0 Å². The van der Waals surface area contributed by atoms with Crippen LogP contribution in [0.15, 0.2) is 28.8 Å². The normalized spacial score (nSPS) is 19.3. The van der Waals surface area contributed by atoms with Gasteiger partial charge in [-0.1, -0.05) is 17.3 Å². The second-order valence-corrected chi connectivity index (χ2v) is 4.67. The summed E-state index contributed by atoms with van der Waals surface area (Å²) in [5.41, 5.74) is 1.91. The van der Waals surface area contributed by atoms with Crippen LogP contribution in [0.4, 0.5) is 5.69 Å². The van der Waals surface area contributed by atoms with Crippen molar-refractivity contribution in [2.75, 3.05) is 25.6 Å². The Labute approximate surface area is 112 Å². The number of nitrogens with zero attached hydrogens (tertiary/aromatic N) is 2. The Hall–Kier alpha value is -1.88. The molecule has 1 aromatic carbocycles. The van der Waals surface area contributed by atoms with Gasteiger partial charge in [0.1, 0.15) is 0 Å². The highest BCUT2D eigenvalue weighted by Crippen LogP contribution is 2.29. The highest BCUT2D eigenvalue weighted by atomic mass is 16.5. The summed E-state index contributed by atoms with van der Waals surface area (Å²) >= 11 is 0. The highest BCUT2D eigenvalue weighted by molar-refractivity contribution is 5.72. The highest BCUT2D eigenvalue weighted by Gasteiger charge is 2.22. The van der Waals surface area contributed by atoms with Gasteiger partial charge in [-0.2, -0.15) is 4.98 Å². The van der Waals surface area contributed by atoms with Gasteiger partial charge < -0.3 is 14.6 Å². The number of rotatable bonds is 3. The van der Waals surface area contributed by atoms with Crippen molar-refractivity contribution in [2.24, 2.45) is 0 Å². The summed E-state index contributed by atoms with van der Waals surface area (Å²) in [6.07, 6.45) is 2.12. The first-order valence-corrected chi connectivity index (χ1v) is 6.57. The molecule has 0 spiro atoms. The number of anilines is 1. The second kappa shape index (κ2) is 5.40. The first kappa shape index (κ1) is 12.2. The summed E-state index contributed by atoms with van der Waals surface area (Å²) < 4.78 is 10.9. The zero-order valence-electron chi connectivity index (χ0n) is 10.9. The van der Waals surface area contributed by atoms with Crippen molar-refractivity contribution >= 4 is 5.69 Å². The molecule has 5 heteroatoms. The number of aromatic nitrogens is 2. The standard InChI is InChI=1S/C14H17N3O2/c1-15-12-7-3-2-6-11(12)14-16-13(17-19-14)10-5-4-8-18-9-10/h2-3,6-7,10,15H,4-5,8-9H2,1H3. The minimum Gasteiger partial charge on any atom is -0.387 e. The Kier molecular flexibility index (Phi) is 3.46. The van der Waals surface area contributed by atoms with Crippen LogP contribution >= 0.6 is 0 Å². The fourth-order valence-corrected chi connectivity index (χ4v) is 2.34. The molecule has 100 valence electrons. The minimum atomic E-state index is 0.257. The molecule has 0 radical (unpaired) electrons. The third kappa shape index (κ3) is 2.46. The molecule has 19 heavy (non-hydrogen) atoms. The van der Waals surface area contributed by atoms with Crippen molar-refractivity contribution in [2.45, 2.75) is 18.8 Å².